The zero-order valence-corrected chi connectivity index (χ0v) is 13.8. The number of fused-ring (bicyclic) bond motifs is 1. The average Bonchev–Trinajstić information content (AvgIpc) is 2.64. The minimum atomic E-state index is 0.478. The summed E-state index contributed by atoms with van der Waals surface area (Å²) in [7, 11) is 3.20. The number of rotatable bonds is 6. The van der Waals surface area contributed by atoms with E-state index in [4.69, 9.17) is 14.2 Å². The van der Waals surface area contributed by atoms with Crippen molar-refractivity contribution in [3.63, 3.8) is 0 Å². The minimum Gasteiger partial charge on any atom is -0.493 e. The van der Waals surface area contributed by atoms with Crippen molar-refractivity contribution in [3.05, 3.63) is 48.0 Å². The quantitative estimate of drug-likeness (QED) is 0.798. The van der Waals surface area contributed by atoms with Crippen molar-refractivity contribution < 1.29 is 14.2 Å². The van der Waals surface area contributed by atoms with Gasteiger partial charge in [0, 0.05) is 6.54 Å². The van der Waals surface area contributed by atoms with Gasteiger partial charge in [0.05, 0.1) is 26.5 Å². The summed E-state index contributed by atoms with van der Waals surface area (Å²) < 4.78 is 16.4. The van der Waals surface area contributed by atoms with Gasteiger partial charge in [0.1, 0.15) is 6.61 Å². The van der Waals surface area contributed by atoms with E-state index in [0.717, 1.165) is 18.2 Å². The van der Waals surface area contributed by atoms with E-state index >= 15 is 0 Å². The highest BCUT2D eigenvalue weighted by Crippen LogP contribution is 2.36. The molecule has 2 aromatic rings. The van der Waals surface area contributed by atoms with Crippen LogP contribution >= 0.6 is 0 Å². The normalized spacial score (nSPS) is 12.5. The minimum absolute atomic E-state index is 0.478. The van der Waals surface area contributed by atoms with Gasteiger partial charge in [0.2, 0.25) is 5.75 Å². The van der Waals surface area contributed by atoms with E-state index in [-0.39, 0.29) is 0 Å². The Morgan fingerprint density at radius 3 is 2.71 bits per heavy atom. The molecule has 0 spiro atoms. The summed E-state index contributed by atoms with van der Waals surface area (Å²) in [6.07, 6.45) is 0. The molecule has 0 atom stereocenters. The van der Waals surface area contributed by atoms with Crippen molar-refractivity contribution in [1.29, 1.82) is 0 Å². The molecule has 0 saturated heterocycles. The highest BCUT2D eigenvalue weighted by Gasteiger charge is 2.12. The first-order chi connectivity index (χ1) is 11.8. The maximum Gasteiger partial charge on any atom is 0.203 e. The molecule has 0 saturated carbocycles. The van der Waals surface area contributed by atoms with Crippen LogP contribution in [0.4, 0.5) is 5.69 Å². The molecular weight excluding hydrogens is 306 g/mol. The number of hydrogen-bond donors (Lipinski definition) is 2. The summed E-state index contributed by atoms with van der Waals surface area (Å²) in [5.41, 5.74) is 2.19. The predicted octanol–water partition coefficient (Wildman–Crippen LogP) is 2.46. The molecule has 0 radical (unpaired) electrons. The van der Waals surface area contributed by atoms with Crippen LogP contribution in [-0.4, -0.2) is 33.3 Å². The van der Waals surface area contributed by atoms with Crippen LogP contribution in [0.25, 0.3) is 0 Å². The number of nitrogens with zero attached hydrogens (tertiary/aromatic N) is 1. The molecule has 0 bridgehead atoms. The van der Waals surface area contributed by atoms with Gasteiger partial charge >= 0.3 is 0 Å². The van der Waals surface area contributed by atoms with E-state index in [2.05, 4.69) is 21.7 Å². The highest BCUT2D eigenvalue weighted by atomic mass is 16.5. The fraction of sp³-hybridized carbons (Fsp3) is 0.278. The Morgan fingerprint density at radius 2 is 1.88 bits per heavy atom. The predicted molar refractivity (Wildman–Crippen MR) is 93.4 cm³/mol. The number of hydrogen-bond acceptors (Lipinski definition) is 6. The zero-order chi connectivity index (χ0) is 16.8. The number of para-hydroxylation sites is 2. The van der Waals surface area contributed by atoms with Crippen LogP contribution in [0, 0.1) is 0 Å². The standard InChI is InChI=1S/C18H21N3O3/c1-22-15-8-5-9-16(17(15)23-2)24-11-10-19-18-20-12-13-6-3-4-7-14(13)21-18/h3-9H,10-12H2,1-2H3,(H2,19,20,21). The lowest BCUT2D eigenvalue weighted by Gasteiger charge is -2.19. The fourth-order valence-electron chi connectivity index (χ4n) is 2.51. The van der Waals surface area contributed by atoms with Crippen molar-refractivity contribution in [2.75, 3.05) is 27.4 Å². The summed E-state index contributed by atoms with van der Waals surface area (Å²) in [6, 6.07) is 13.6. The molecule has 3 rings (SSSR count). The molecule has 2 aromatic carbocycles. The molecule has 24 heavy (non-hydrogen) atoms. The molecule has 0 aromatic heterocycles. The first kappa shape index (κ1) is 16.0. The molecule has 1 aliphatic rings. The summed E-state index contributed by atoms with van der Waals surface area (Å²) >= 11 is 0. The lowest BCUT2D eigenvalue weighted by atomic mass is 10.1. The molecule has 0 fully saturated rings. The molecular formula is C18H21N3O3. The Labute approximate surface area is 141 Å². The molecule has 6 nitrogen and oxygen atoms in total. The van der Waals surface area contributed by atoms with Crippen LogP contribution in [0.2, 0.25) is 0 Å². The smallest absolute Gasteiger partial charge is 0.203 e. The third kappa shape index (κ3) is 3.53. The van der Waals surface area contributed by atoms with Crippen LogP contribution < -0.4 is 24.8 Å². The summed E-state index contributed by atoms with van der Waals surface area (Å²) in [5.74, 6) is 2.66. The van der Waals surface area contributed by atoms with Gasteiger partial charge in [-0.25, -0.2) is 4.99 Å². The highest BCUT2D eigenvalue weighted by molar-refractivity contribution is 5.84. The molecule has 6 heteroatoms. The molecule has 1 aliphatic heterocycles. The molecule has 0 unspecified atom stereocenters. The molecule has 0 amide bonds. The van der Waals surface area contributed by atoms with Crippen LogP contribution in [0.5, 0.6) is 17.2 Å². The summed E-state index contributed by atoms with van der Waals surface area (Å²) in [4.78, 5) is 4.55. The van der Waals surface area contributed by atoms with E-state index in [1.54, 1.807) is 14.2 Å². The van der Waals surface area contributed by atoms with Crippen molar-refractivity contribution in [3.8, 4) is 17.2 Å². The van der Waals surface area contributed by atoms with E-state index in [9.17, 15) is 0 Å². The van der Waals surface area contributed by atoms with Crippen molar-refractivity contribution in [2.24, 2.45) is 4.99 Å². The van der Waals surface area contributed by atoms with Gasteiger partial charge in [0.15, 0.2) is 17.5 Å². The lowest BCUT2D eigenvalue weighted by Crippen LogP contribution is -2.40. The van der Waals surface area contributed by atoms with Gasteiger partial charge in [-0.3, -0.25) is 0 Å². The number of aliphatic imine (C=N–C) groups is 1. The summed E-state index contributed by atoms with van der Waals surface area (Å²) in [6.45, 7) is 1.87. The van der Waals surface area contributed by atoms with Crippen molar-refractivity contribution in [1.82, 2.24) is 10.6 Å². The Morgan fingerprint density at radius 1 is 1.04 bits per heavy atom. The number of ether oxygens (including phenoxy) is 3. The second-order valence-corrected chi connectivity index (χ2v) is 5.21. The molecule has 1 heterocycles. The second-order valence-electron chi connectivity index (χ2n) is 5.21. The third-order valence-electron chi connectivity index (χ3n) is 3.69. The van der Waals surface area contributed by atoms with Gasteiger partial charge < -0.3 is 24.8 Å². The van der Waals surface area contributed by atoms with E-state index in [1.807, 2.05) is 36.4 Å². The Bertz CT molecular complexity index is 731. The van der Waals surface area contributed by atoms with Crippen LogP contribution in [0.15, 0.2) is 47.5 Å². The van der Waals surface area contributed by atoms with Gasteiger partial charge in [-0.1, -0.05) is 24.3 Å². The van der Waals surface area contributed by atoms with Gasteiger partial charge in [-0.2, -0.15) is 0 Å². The largest absolute Gasteiger partial charge is 0.493 e. The number of guanidine groups is 1. The maximum atomic E-state index is 5.78. The third-order valence-corrected chi connectivity index (χ3v) is 3.69. The zero-order valence-electron chi connectivity index (χ0n) is 13.8. The Hall–Kier alpha value is -2.89. The Balaban J connectivity index is 1.54. The lowest BCUT2D eigenvalue weighted by molar-refractivity contribution is 0.287. The topological polar surface area (TPSA) is 64.1 Å². The molecule has 0 aliphatic carbocycles. The van der Waals surface area contributed by atoms with Crippen LogP contribution in [-0.2, 0) is 6.54 Å². The first-order valence-electron chi connectivity index (χ1n) is 7.80. The second kappa shape index (κ2) is 7.59. The fourth-order valence-corrected chi connectivity index (χ4v) is 2.51. The van der Waals surface area contributed by atoms with E-state index in [1.165, 1.54) is 5.56 Å². The SMILES string of the molecule is COc1cccc(OCCNC2=Nc3ccccc3CN2)c1OC. The van der Waals surface area contributed by atoms with Gasteiger partial charge in [-0.05, 0) is 23.8 Å². The molecule has 126 valence electrons. The summed E-state index contributed by atoms with van der Waals surface area (Å²) in [5, 5.41) is 6.49. The van der Waals surface area contributed by atoms with E-state index in [0.29, 0.717) is 30.4 Å². The molecule has 2 N–H and O–H groups in total. The Kier molecular flexibility index (Phi) is 5.05. The monoisotopic (exact) mass is 327 g/mol. The van der Waals surface area contributed by atoms with Crippen LogP contribution in [0.3, 0.4) is 0 Å². The van der Waals surface area contributed by atoms with E-state index < -0.39 is 0 Å². The number of benzene rings is 2. The van der Waals surface area contributed by atoms with Gasteiger partial charge in [-0.15, -0.1) is 0 Å². The number of nitrogens with one attached hydrogen (secondary N) is 2. The van der Waals surface area contributed by atoms with Crippen molar-refractivity contribution >= 4 is 11.6 Å². The first-order valence-corrected chi connectivity index (χ1v) is 7.80. The van der Waals surface area contributed by atoms with Crippen LogP contribution in [0.1, 0.15) is 5.56 Å². The van der Waals surface area contributed by atoms with Gasteiger partial charge in [0.25, 0.3) is 0 Å². The van der Waals surface area contributed by atoms with Crippen molar-refractivity contribution in [2.45, 2.75) is 6.54 Å². The maximum absolute atomic E-state index is 5.78. The number of methoxy groups -OCH3 is 2. The average molecular weight is 327 g/mol.